The van der Waals surface area contributed by atoms with E-state index in [1.807, 2.05) is 44.2 Å². The van der Waals surface area contributed by atoms with Crippen LogP contribution in [0.25, 0.3) is 0 Å². The van der Waals surface area contributed by atoms with Gasteiger partial charge in [0.1, 0.15) is 18.3 Å². The first-order valence-electron chi connectivity index (χ1n) is 13.2. The molecule has 2 amide bonds. The van der Waals surface area contributed by atoms with Gasteiger partial charge in [0, 0.05) is 35.1 Å². The van der Waals surface area contributed by atoms with Gasteiger partial charge in [-0.05, 0) is 41.8 Å². The fourth-order valence-corrected chi connectivity index (χ4v) is 5.86. The number of halogens is 3. The number of nitrogens with zero attached hydrogens (tertiary/aromatic N) is 2. The fraction of sp³-hybridized carbons (Fsp3) is 0.333. The Bertz CT molecular complexity index is 1480. The second-order valence-corrected chi connectivity index (χ2v) is 13.3. The van der Waals surface area contributed by atoms with Crippen LogP contribution in [0.5, 0.6) is 5.75 Å². The average molecular weight is 655 g/mol. The van der Waals surface area contributed by atoms with Crippen molar-refractivity contribution in [3.8, 4) is 5.75 Å². The summed E-state index contributed by atoms with van der Waals surface area (Å²) in [4.78, 5) is 29.2. The maximum Gasteiger partial charge on any atom is 0.244 e. The van der Waals surface area contributed by atoms with Crippen molar-refractivity contribution in [1.82, 2.24) is 10.2 Å². The predicted molar refractivity (Wildman–Crippen MR) is 169 cm³/mol. The molecule has 42 heavy (non-hydrogen) atoms. The first-order chi connectivity index (χ1) is 19.8. The topological polar surface area (TPSA) is 96.0 Å². The minimum Gasteiger partial charge on any atom is -0.495 e. The third-order valence-electron chi connectivity index (χ3n) is 6.45. The number of nitrogens with one attached hydrogen (secondary N) is 1. The molecule has 0 heterocycles. The van der Waals surface area contributed by atoms with E-state index in [1.54, 1.807) is 18.2 Å². The standard InChI is InChI=1S/C30H34Cl3N3O5S/c1-20(2)17-34-30(38)27(15-21-9-6-5-7-10-21)35(18-23-24(31)11-8-12-25(23)32)29(37)19-36(42(4,39)40)22-13-14-28(41-3)26(33)16-22/h5-14,16,20,27H,15,17-19H2,1-4H3,(H,34,38)/t27-/m1/s1. The molecule has 0 aliphatic heterocycles. The summed E-state index contributed by atoms with van der Waals surface area (Å²) >= 11 is 19.3. The molecule has 0 saturated carbocycles. The molecular weight excluding hydrogens is 621 g/mol. The van der Waals surface area contributed by atoms with Crippen molar-refractivity contribution in [3.63, 3.8) is 0 Å². The highest BCUT2D eigenvalue weighted by atomic mass is 35.5. The van der Waals surface area contributed by atoms with Gasteiger partial charge < -0.3 is 15.0 Å². The number of carbonyl (C=O) groups is 2. The zero-order chi connectivity index (χ0) is 31.0. The van der Waals surface area contributed by atoms with E-state index in [1.165, 1.54) is 30.2 Å². The van der Waals surface area contributed by atoms with Crippen LogP contribution in [0.15, 0.2) is 66.7 Å². The van der Waals surface area contributed by atoms with E-state index in [-0.39, 0.29) is 35.5 Å². The van der Waals surface area contributed by atoms with Crippen LogP contribution < -0.4 is 14.4 Å². The zero-order valence-electron chi connectivity index (χ0n) is 23.8. The number of carbonyl (C=O) groups excluding carboxylic acids is 2. The van der Waals surface area contributed by atoms with E-state index in [0.717, 1.165) is 16.1 Å². The molecule has 0 aliphatic carbocycles. The van der Waals surface area contributed by atoms with Crippen LogP contribution in [0.1, 0.15) is 25.0 Å². The van der Waals surface area contributed by atoms with Crippen LogP contribution in [-0.2, 0) is 32.6 Å². The lowest BCUT2D eigenvalue weighted by molar-refractivity contribution is -0.140. The molecule has 0 fully saturated rings. The first-order valence-corrected chi connectivity index (χ1v) is 16.1. The highest BCUT2D eigenvalue weighted by Crippen LogP contribution is 2.31. The maximum absolute atomic E-state index is 14.2. The lowest BCUT2D eigenvalue weighted by atomic mass is 10.0. The van der Waals surface area contributed by atoms with Crippen LogP contribution in [-0.4, -0.2) is 57.6 Å². The van der Waals surface area contributed by atoms with E-state index in [4.69, 9.17) is 39.5 Å². The summed E-state index contributed by atoms with van der Waals surface area (Å²) in [6.45, 7) is 3.57. The number of rotatable bonds is 13. The second kappa shape index (κ2) is 15.0. The number of anilines is 1. The van der Waals surface area contributed by atoms with Gasteiger partial charge in [-0.2, -0.15) is 0 Å². The number of hydrogen-bond acceptors (Lipinski definition) is 5. The Morgan fingerprint density at radius 2 is 1.57 bits per heavy atom. The Labute approximate surface area is 262 Å². The van der Waals surface area contributed by atoms with Gasteiger partial charge in [0.25, 0.3) is 0 Å². The van der Waals surface area contributed by atoms with Gasteiger partial charge in [0.15, 0.2) is 0 Å². The molecule has 3 aromatic carbocycles. The van der Waals surface area contributed by atoms with Crippen LogP contribution in [0.4, 0.5) is 5.69 Å². The van der Waals surface area contributed by atoms with Gasteiger partial charge in [-0.15, -0.1) is 0 Å². The molecule has 0 bridgehead atoms. The highest BCUT2D eigenvalue weighted by Gasteiger charge is 2.34. The molecule has 0 aliphatic rings. The second-order valence-electron chi connectivity index (χ2n) is 10.2. The van der Waals surface area contributed by atoms with E-state index in [2.05, 4.69) is 5.32 Å². The lowest BCUT2D eigenvalue weighted by Crippen LogP contribution is -2.53. The molecule has 1 N–H and O–H groups in total. The smallest absolute Gasteiger partial charge is 0.244 e. The molecule has 3 aromatic rings. The summed E-state index contributed by atoms with van der Waals surface area (Å²) < 4.78 is 32.0. The maximum atomic E-state index is 14.2. The third kappa shape index (κ3) is 9.01. The summed E-state index contributed by atoms with van der Waals surface area (Å²) in [6.07, 6.45) is 1.16. The van der Waals surface area contributed by atoms with Crippen molar-refractivity contribution in [2.24, 2.45) is 5.92 Å². The van der Waals surface area contributed by atoms with Crippen LogP contribution in [0.3, 0.4) is 0 Å². The van der Waals surface area contributed by atoms with Gasteiger partial charge in [0.2, 0.25) is 21.8 Å². The lowest BCUT2D eigenvalue weighted by Gasteiger charge is -2.34. The van der Waals surface area contributed by atoms with Crippen molar-refractivity contribution in [3.05, 3.63) is 92.9 Å². The molecule has 0 unspecified atom stereocenters. The van der Waals surface area contributed by atoms with Crippen LogP contribution >= 0.6 is 34.8 Å². The Hall–Kier alpha value is -2.98. The monoisotopic (exact) mass is 653 g/mol. The molecule has 0 spiro atoms. The molecule has 0 aromatic heterocycles. The van der Waals surface area contributed by atoms with Crippen molar-refractivity contribution in [2.75, 3.05) is 30.8 Å². The first kappa shape index (κ1) is 33.5. The third-order valence-corrected chi connectivity index (χ3v) is 8.59. The summed E-state index contributed by atoms with van der Waals surface area (Å²) in [6, 6.07) is 17.6. The molecule has 8 nitrogen and oxygen atoms in total. The highest BCUT2D eigenvalue weighted by molar-refractivity contribution is 7.92. The normalized spacial score (nSPS) is 12.1. The number of sulfonamides is 1. The molecule has 12 heteroatoms. The number of amides is 2. The minimum atomic E-state index is -3.96. The Kier molecular flexibility index (Phi) is 11.9. The Morgan fingerprint density at radius 3 is 2.12 bits per heavy atom. The van der Waals surface area contributed by atoms with Crippen molar-refractivity contribution in [1.29, 1.82) is 0 Å². The van der Waals surface area contributed by atoms with Gasteiger partial charge >= 0.3 is 0 Å². The predicted octanol–water partition coefficient (Wildman–Crippen LogP) is 5.83. The van der Waals surface area contributed by atoms with Gasteiger partial charge in [0.05, 0.1) is 24.1 Å². The minimum absolute atomic E-state index is 0.134. The van der Waals surface area contributed by atoms with E-state index in [0.29, 0.717) is 27.9 Å². The molecule has 226 valence electrons. The van der Waals surface area contributed by atoms with Crippen molar-refractivity contribution < 1.29 is 22.7 Å². The summed E-state index contributed by atoms with van der Waals surface area (Å²) in [5, 5.41) is 3.72. The van der Waals surface area contributed by atoms with Crippen LogP contribution in [0.2, 0.25) is 15.1 Å². The summed E-state index contributed by atoms with van der Waals surface area (Å²) in [5.74, 6) is -0.513. The quantitative estimate of drug-likeness (QED) is 0.250. The number of ether oxygens (including phenoxy) is 1. The van der Waals surface area contributed by atoms with E-state index < -0.39 is 28.5 Å². The molecule has 0 saturated heterocycles. The van der Waals surface area contributed by atoms with Gasteiger partial charge in [-0.25, -0.2) is 8.42 Å². The number of methoxy groups -OCH3 is 1. The van der Waals surface area contributed by atoms with Crippen molar-refractivity contribution >= 4 is 62.3 Å². The molecule has 0 radical (unpaired) electrons. The molecule has 3 rings (SSSR count). The molecule has 1 atom stereocenters. The summed E-state index contributed by atoms with van der Waals surface area (Å²) in [7, 11) is -2.53. The Balaban J connectivity index is 2.10. The van der Waals surface area contributed by atoms with Crippen molar-refractivity contribution in [2.45, 2.75) is 32.9 Å². The largest absolute Gasteiger partial charge is 0.495 e. The number of benzene rings is 3. The Morgan fingerprint density at radius 1 is 0.929 bits per heavy atom. The fourth-order valence-electron chi connectivity index (χ4n) is 4.25. The van der Waals surface area contributed by atoms with Crippen LogP contribution in [0, 0.1) is 5.92 Å². The zero-order valence-corrected chi connectivity index (χ0v) is 26.9. The summed E-state index contributed by atoms with van der Waals surface area (Å²) in [5.41, 5.74) is 1.41. The SMILES string of the molecule is COc1ccc(N(CC(=O)N(Cc2c(Cl)cccc2Cl)[C@H](Cc2ccccc2)C(=O)NCC(C)C)S(C)(=O)=O)cc1Cl. The average Bonchev–Trinajstić information content (AvgIpc) is 2.93. The van der Waals surface area contributed by atoms with E-state index >= 15 is 0 Å². The van der Waals surface area contributed by atoms with Gasteiger partial charge in [-0.1, -0.05) is 85.0 Å². The molecular formula is C30H34Cl3N3O5S. The number of hydrogen-bond donors (Lipinski definition) is 1. The van der Waals surface area contributed by atoms with Gasteiger partial charge in [-0.3, -0.25) is 13.9 Å². The van der Waals surface area contributed by atoms with E-state index in [9.17, 15) is 18.0 Å².